The number of aliphatic hydroxyl groups is 16. The Labute approximate surface area is 501 Å². The lowest BCUT2D eigenvalue weighted by Gasteiger charge is -2.37. The Morgan fingerprint density at radius 2 is 0.704 bits per heavy atom. The summed E-state index contributed by atoms with van der Waals surface area (Å²) in [5.41, 5.74) is 8.25. The summed E-state index contributed by atoms with van der Waals surface area (Å²) in [6.45, 7) is -1.59. The van der Waals surface area contributed by atoms with Crippen LogP contribution in [0.25, 0.3) is 22.3 Å². The van der Waals surface area contributed by atoms with Crippen molar-refractivity contribution in [1.29, 1.82) is 0 Å². The van der Waals surface area contributed by atoms with E-state index in [-0.39, 0.29) is 49.7 Å². The first-order chi connectivity index (χ1) is 37.6. The van der Waals surface area contributed by atoms with Crippen molar-refractivity contribution < 1.29 is 95.9 Å². The molecule has 19 atom stereocenters. The second kappa shape index (κ2) is 26.4. The lowest BCUT2D eigenvalue weighted by molar-refractivity contribution is -0.214. The number of rotatable bonds is 3. The van der Waals surface area contributed by atoms with Gasteiger partial charge in [-0.2, -0.15) is 0 Å². The van der Waals surface area contributed by atoms with Crippen molar-refractivity contribution in [3.63, 3.8) is 0 Å². The maximum absolute atomic E-state index is 10.7. The van der Waals surface area contributed by atoms with Gasteiger partial charge >= 0.3 is 0 Å². The standard InChI is InChI=1S/C33H36O12.C17H14Br2O2.C8H12O5.CH4.HI/c34-13-25-29(40)31(42)27(38)23(44-25)7-3-15-1-5-17-18-6-2-16(4-8-24-28(39)32(43)30(41)26(14-35)45-24)10-20(18)33(19(17)9-15)11-21(36)22(37)12-33;18-9-1-3-11-12-4-2-10(19)6-14(12)17(13(11)5-9)7-15(20)16(21)8-17;1-2-4-6(10)8(12)7(11)5(3-9)13-4;;/h1-2,5-6,9-10,21-32,34-43H,11-14H2;1-6,15-16,20-21H,7-8H2;1,4-12H,3H2;1H4;1H/t21-,22+,23-,24-,25-,26-,27-,28-,29-,30-,31-,32-;15-,16+;4-,5-,6-,7-,8-;;/m1.1../s1. The molecule has 5 fully saturated rings. The number of aliphatic hydroxyl groups excluding tert-OH is 16. The molecule has 11 rings (SSSR count). The number of halogens is 3. The molecule has 0 aromatic heterocycles. The van der Waals surface area contributed by atoms with E-state index >= 15 is 0 Å². The fourth-order valence-corrected chi connectivity index (χ4v) is 12.8. The molecule has 19 nitrogen and oxygen atoms in total. The summed E-state index contributed by atoms with van der Waals surface area (Å²) in [7, 11) is 0. The van der Waals surface area contributed by atoms with E-state index in [9.17, 15) is 76.6 Å². The van der Waals surface area contributed by atoms with Crippen LogP contribution >= 0.6 is 55.8 Å². The summed E-state index contributed by atoms with van der Waals surface area (Å²) in [6, 6.07) is 23.6. The van der Waals surface area contributed by atoms with Gasteiger partial charge in [-0.1, -0.05) is 93.2 Å². The molecular formula is C59H67Br2IO19. The number of terminal acetylenes is 1. The molecule has 3 heterocycles. The lowest BCUT2D eigenvalue weighted by atomic mass is 9.76. The predicted octanol–water partition coefficient (Wildman–Crippen LogP) is -0.434. The van der Waals surface area contributed by atoms with Crippen LogP contribution in [-0.4, -0.2) is 218 Å². The summed E-state index contributed by atoms with van der Waals surface area (Å²) < 4.78 is 18.0. The summed E-state index contributed by atoms with van der Waals surface area (Å²) in [4.78, 5) is 0. The average Bonchev–Trinajstić information content (AvgIpc) is 1.93. The highest BCUT2D eigenvalue weighted by molar-refractivity contribution is 14.0. The zero-order valence-corrected chi connectivity index (χ0v) is 48.0. The Morgan fingerprint density at radius 1 is 0.420 bits per heavy atom. The Bertz CT molecular complexity index is 2880. The molecule has 4 aromatic carbocycles. The summed E-state index contributed by atoms with van der Waals surface area (Å²) >= 11 is 7.10. The van der Waals surface area contributed by atoms with E-state index in [0.29, 0.717) is 24.0 Å². The first-order valence-electron chi connectivity index (χ1n) is 25.6. The van der Waals surface area contributed by atoms with Crippen molar-refractivity contribution in [2.24, 2.45) is 0 Å². The molecule has 0 unspecified atom stereocenters. The largest absolute Gasteiger partial charge is 0.394 e. The van der Waals surface area contributed by atoms with Crippen LogP contribution in [-0.2, 0) is 25.0 Å². The molecule has 0 radical (unpaired) electrons. The maximum atomic E-state index is 10.7. The first kappa shape index (κ1) is 65.0. The second-order valence-electron chi connectivity index (χ2n) is 21.1. The van der Waals surface area contributed by atoms with E-state index in [2.05, 4.69) is 85.7 Å². The molecular weight excluding hydrogens is 1300 g/mol. The molecule has 16 N–H and O–H groups in total. The molecule has 7 aliphatic rings. The van der Waals surface area contributed by atoms with Gasteiger partial charge in [0.1, 0.15) is 91.6 Å². The third-order valence-electron chi connectivity index (χ3n) is 16.3. The van der Waals surface area contributed by atoms with Gasteiger partial charge in [0.15, 0.2) is 0 Å². The molecule has 2 spiro atoms. The zero-order valence-electron chi connectivity index (χ0n) is 42.5. The molecule has 4 aliphatic carbocycles. The van der Waals surface area contributed by atoms with Gasteiger partial charge in [0.05, 0.1) is 44.2 Å². The second-order valence-corrected chi connectivity index (χ2v) is 22.9. The van der Waals surface area contributed by atoms with Crippen LogP contribution in [0.5, 0.6) is 0 Å². The van der Waals surface area contributed by atoms with Crippen molar-refractivity contribution in [1.82, 2.24) is 0 Å². The van der Waals surface area contributed by atoms with Crippen LogP contribution in [0.3, 0.4) is 0 Å². The van der Waals surface area contributed by atoms with Gasteiger partial charge in [-0.25, -0.2) is 0 Å². The molecule has 3 saturated heterocycles. The van der Waals surface area contributed by atoms with Gasteiger partial charge in [0.2, 0.25) is 0 Å². The zero-order chi connectivity index (χ0) is 57.0. The topological polar surface area (TPSA) is 351 Å². The third-order valence-corrected chi connectivity index (χ3v) is 17.3. The molecule has 0 amide bonds. The van der Waals surface area contributed by atoms with Gasteiger partial charge in [0, 0.05) is 30.9 Å². The molecule has 3 aliphatic heterocycles. The first-order valence-corrected chi connectivity index (χ1v) is 27.2. The van der Waals surface area contributed by atoms with Crippen LogP contribution in [0.1, 0.15) is 66.5 Å². The van der Waals surface area contributed by atoms with E-state index in [4.69, 9.17) is 25.7 Å². The fourth-order valence-electron chi connectivity index (χ4n) is 12.1. The minimum atomic E-state index is -1.55. The highest BCUT2D eigenvalue weighted by atomic mass is 127. The number of ether oxygens (including phenoxy) is 3. The predicted molar refractivity (Wildman–Crippen MR) is 309 cm³/mol. The third kappa shape index (κ3) is 12.2. The minimum Gasteiger partial charge on any atom is -0.394 e. The monoisotopic (exact) mass is 1360 g/mol. The Morgan fingerprint density at radius 3 is 1.01 bits per heavy atom. The molecule has 81 heavy (non-hydrogen) atoms. The van der Waals surface area contributed by atoms with Crippen molar-refractivity contribution in [2.45, 2.75) is 160 Å². The minimum absolute atomic E-state index is 0. The van der Waals surface area contributed by atoms with Gasteiger partial charge < -0.3 is 95.9 Å². The van der Waals surface area contributed by atoms with Crippen molar-refractivity contribution >= 4 is 55.8 Å². The van der Waals surface area contributed by atoms with E-state index in [1.165, 1.54) is 22.3 Å². The number of hydrogen-bond acceptors (Lipinski definition) is 19. The summed E-state index contributed by atoms with van der Waals surface area (Å²) in [5, 5.41) is 158. The Balaban J connectivity index is 0.000000215. The van der Waals surface area contributed by atoms with Crippen LogP contribution in [0, 0.1) is 36.0 Å². The summed E-state index contributed by atoms with van der Waals surface area (Å²) in [6.07, 6.45) is -16.2. The van der Waals surface area contributed by atoms with Crippen LogP contribution in [0.15, 0.2) is 81.7 Å². The van der Waals surface area contributed by atoms with Gasteiger partial charge in [-0.15, -0.1) is 30.4 Å². The average molecular weight is 1370 g/mol. The molecule has 2 saturated carbocycles. The summed E-state index contributed by atoms with van der Waals surface area (Å²) in [5.74, 6) is 13.6. The van der Waals surface area contributed by atoms with Gasteiger partial charge in [-0.05, 0) is 119 Å². The van der Waals surface area contributed by atoms with Crippen molar-refractivity contribution in [2.75, 3.05) is 19.8 Å². The van der Waals surface area contributed by atoms with E-state index in [0.717, 1.165) is 31.2 Å². The fraction of sp³-hybridized carbons (Fsp3) is 0.492. The maximum Gasteiger partial charge on any atom is 0.147 e. The van der Waals surface area contributed by atoms with Gasteiger partial charge in [0.25, 0.3) is 0 Å². The van der Waals surface area contributed by atoms with E-state index in [1.54, 1.807) is 12.1 Å². The van der Waals surface area contributed by atoms with Crippen molar-refractivity contribution in [3.05, 3.63) is 115 Å². The van der Waals surface area contributed by atoms with Crippen LogP contribution < -0.4 is 0 Å². The van der Waals surface area contributed by atoms with E-state index in [1.807, 2.05) is 36.4 Å². The lowest BCUT2D eigenvalue weighted by Crippen LogP contribution is -2.58. The Kier molecular flexibility index (Phi) is 21.2. The smallest absolute Gasteiger partial charge is 0.147 e. The van der Waals surface area contributed by atoms with Crippen LogP contribution in [0.4, 0.5) is 0 Å². The molecule has 22 heteroatoms. The number of fused-ring (bicyclic) bond motifs is 10. The SMILES string of the molecule is C.C#C[C@H]1O[C@H](CO)[C@@H](O)[C@H](O)[C@@H]1O.I.OC[C@H]1O[C@H](C#Cc2ccc3c(c2)C2(C[C@@H](O)[C@@H](O)C2)c2cc(C#C[C@H]4O[C@H](CO)[C@@H](O)[C@H](O)[C@@H]4O)ccc2-3)[C@@H](O)[C@@H](O)[C@@H]1O.O[C@@H]1CC2(C[C@@H]1O)c1cc(Br)ccc1-c1ccc(Br)cc12. The van der Waals surface area contributed by atoms with Crippen LogP contribution in [0.2, 0.25) is 0 Å². The highest BCUT2D eigenvalue weighted by Crippen LogP contribution is 2.59. The quantitative estimate of drug-likeness (QED) is 0.0914. The van der Waals surface area contributed by atoms with E-state index < -0.39 is 141 Å². The van der Waals surface area contributed by atoms with Crippen molar-refractivity contribution in [3.8, 4) is 58.3 Å². The number of benzene rings is 4. The Hall–Kier alpha value is -3.51. The molecule has 438 valence electrons. The molecule has 4 aromatic rings. The highest BCUT2D eigenvalue weighted by Gasteiger charge is 2.54. The normalized spacial score (nSPS) is 36.2. The van der Waals surface area contributed by atoms with Gasteiger partial charge in [-0.3, -0.25) is 0 Å². The number of hydrogen-bond donors (Lipinski definition) is 16. The molecule has 0 bridgehead atoms.